The summed E-state index contributed by atoms with van der Waals surface area (Å²) in [6.07, 6.45) is 57.6. The Labute approximate surface area is 586 Å². The van der Waals surface area contributed by atoms with Crippen LogP contribution in [0, 0.1) is 0 Å². The molecule has 0 atom stereocenters. The van der Waals surface area contributed by atoms with Crippen LogP contribution in [0.15, 0.2) is 0 Å². The summed E-state index contributed by atoms with van der Waals surface area (Å²) < 4.78 is 21.7. The average molecular weight is 1370 g/mol. The molecule has 0 aliphatic carbocycles. The lowest BCUT2D eigenvalue weighted by Crippen LogP contribution is -2.65. The van der Waals surface area contributed by atoms with E-state index in [9.17, 15) is 45.0 Å². The first kappa shape index (κ1) is 93.2. The number of nitrogens with one attached hydrogen (secondary N) is 3. The Morgan fingerprint density at radius 1 is 0.284 bits per heavy atom. The van der Waals surface area contributed by atoms with Crippen LogP contribution in [0.1, 0.15) is 375 Å². The number of nitrogens with zero attached hydrogens (tertiary/aromatic N) is 1. The summed E-state index contributed by atoms with van der Waals surface area (Å²) >= 11 is 0. The molecule has 0 spiro atoms. The number of hydrogen-bond acceptors (Lipinski definition) is 12. The maximum Gasteiger partial charge on any atom is 0.501 e. The van der Waals surface area contributed by atoms with Crippen molar-refractivity contribution in [1.82, 2.24) is 16.0 Å². The lowest BCUT2D eigenvalue weighted by Gasteiger charge is -2.41. The van der Waals surface area contributed by atoms with Crippen LogP contribution in [-0.2, 0) is 27.7 Å². The van der Waals surface area contributed by atoms with Gasteiger partial charge in [-0.25, -0.2) is 0 Å². The molecule has 0 aliphatic heterocycles. The number of carbonyl (C=O) groups is 3. The zero-order chi connectivity index (χ0) is 70.1. The van der Waals surface area contributed by atoms with Crippen molar-refractivity contribution in [3.63, 3.8) is 0 Å². The minimum absolute atomic E-state index is 0.133. The Hall–Kier alpha value is -1.77. The van der Waals surface area contributed by atoms with Crippen molar-refractivity contribution in [1.29, 1.82) is 0 Å². The number of unbranched alkanes of at least 4 members (excludes halogenated alkanes) is 44. The molecule has 95 heavy (non-hydrogen) atoms. The molecule has 566 valence electrons. The summed E-state index contributed by atoms with van der Waals surface area (Å²) in [5.74, 6) is -1.05. The fourth-order valence-corrected chi connectivity index (χ4v) is 15.8. The van der Waals surface area contributed by atoms with Crippen molar-refractivity contribution in [2.24, 2.45) is 0 Å². The van der Waals surface area contributed by atoms with E-state index in [1.807, 2.05) is 0 Å². The van der Waals surface area contributed by atoms with Gasteiger partial charge >= 0.3 is 8.80 Å². The van der Waals surface area contributed by atoms with Gasteiger partial charge < -0.3 is 64.4 Å². The van der Waals surface area contributed by atoms with Crippen LogP contribution >= 0.6 is 0 Å². The van der Waals surface area contributed by atoms with Crippen LogP contribution in [0.5, 0.6) is 0 Å². The zero-order valence-electron chi connectivity index (χ0n) is 63.2. The monoisotopic (exact) mass is 1370 g/mol. The molecule has 0 aromatic rings. The molecule has 3 amide bonds. The van der Waals surface area contributed by atoms with Crippen molar-refractivity contribution in [3.05, 3.63) is 0 Å². The molecular formula is C78H159N4O12Si+. The van der Waals surface area contributed by atoms with Gasteiger partial charge in [-0.15, -0.1) is 0 Å². The van der Waals surface area contributed by atoms with Crippen LogP contribution in [-0.4, -0.2) is 164 Å². The van der Waals surface area contributed by atoms with Crippen molar-refractivity contribution in [2.75, 3.05) is 86.1 Å². The van der Waals surface area contributed by atoms with Gasteiger partial charge in [0.05, 0.1) is 86.1 Å². The smallest absolute Gasteiger partial charge is 0.394 e. The van der Waals surface area contributed by atoms with E-state index in [2.05, 4.69) is 57.6 Å². The van der Waals surface area contributed by atoms with Gasteiger partial charge in [0.15, 0.2) is 0 Å². The van der Waals surface area contributed by atoms with Gasteiger partial charge in [0.2, 0.25) is 17.7 Å². The molecule has 9 N–H and O–H groups in total. The quantitative estimate of drug-likeness (QED) is 0.0157. The standard InChI is InChI=1S/C78H158N4O12Si/c1-7-12-17-22-27-32-35-38-41-46-51-57-73(89)79-76(64-83,65-84)70-92-95(93-71-77(66-85,67-86)80-74(90)58-52-47-42-39-36-33-28-23-18-13-8-2,94-72-78(68-87,69-88)81-75(91)59-53-48-43-40-37-34-29-24-19-14-9-3)63-56-62-82(6,60-54-49-44-30-25-20-15-10-4)61-55-50-45-31-26-21-16-11-5/h83-88H,7-72H2,1-6H3,(H2-,79,80,81,89,90,91)/p+1. The number of rotatable bonds is 76. The number of quaternary nitrogens is 1. The van der Waals surface area contributed by atoms with Gasteiger partial charge in [-0.3, -0.25) is 14.4 Å². The van der Waals surface area contributed by atoms with E-state index in [1.165, 1.54) is 212 Å². The van der Waals surface area contributed by atoms with Crippen LogP contribution < -0.4 is 16.0 Å². The molecule has 0 fully saturated rings. The molecule has 0 bridgehead atoms. The van der Waals surface area contributed by atoms with Crippen LogP contribution in [0.4, 0.5) is 0 Å². The van der Waals surface area contributed by atoms with E-state index in [-0.39, 0.29) is 43.0 Å². The van der Waals surface area contributed by atoms with E-state index in [4.69, 9.17) is 13.3 Å². The Balaban J connectivity index is 7.25. The number of aliphatic hydroxyl groups excluding tert-OH is 6. The summed E-state index contributed by atoms with van der Waals surface area (Å²) in [6.45, 7) is 8.29. The molecule has 0 saturated carbocycles. The van der Waals surface area contributed by atoms with Gasteiger partial charge in [-0.05, 0) is 44.9 Å². The fourth-order valence-electron chi connectivity index (χ4n) is 13.0. The third-order valence-electron chi connectivity index (χ3n) is 20.0. The van der Waals surface area contributed by atoms with Gasteiger partial charge in [0, 0.05) is 31.7 Å². The van der Waals surface area contributed by atoms with Crippen LogP contribution in [0.25, 0.3) is 0 Å². The second-order valence-electron chi connectivity index (χ2n) is 29.7. The Bertz CT molecular complexity index is 1540. The zero-order valence-corrected chi connectivity index (χ0v) is 64.2. The summed E-state index contributed by atoms with van der Waals surface area (Å²) in [5.41, 5.74) is -5.09. The van der Waals surface area contributed by atoms with E-state index in [1.54, 1.807) is 0 Å². The molecular weight excluding hydrogens is 1210 g/mol. The molecule has 17 heteroatoms. The number of hydrogen-bond donors (Lipinski definition) is 9. The average Bonchev–Trinajstić information content (AvgIpc) is 0.916. The number of amides is 3. The normalized spacial score (nSPS) is 12.5. The van der Waals surface area contributed by atoms with Crippen molar-refractivity contribution in [3.8, 4) is 0 Å². The lowest BCUT2D eigenvalue weighted by atomic mass is 10.0. The molecule has 0 radical (unpaired) electrons. The second-order valence-corrected chi connectivity index (χ2v) is 32.4. The predicted octanol–water partition coefficient (Wildman–Crippen LogP) is 16.7. The summed E-state index contributed by atoms with van der Waals surface area (Å²) in [5, 5.41) is 75.9. The van der Waals surface area contributed by atoms with Gasteiger partial charge in [-0.2, -0.15) is 0 Å². The summed E-state index contributed by atoms with van der Waals surface area (Å²) in [6, 6.07) is 0.133. The van der Waals surface area contributed by atoms with Gasteiger partial charge in [0.25, 0.3) is 0 Å². The Morgan fingerprint density at radius 2 is 0.463 bits per heavy atom. The topological polar surface area (TPSA) is 236 Å². The van der Waals surface area contributed by atoms with Crippen molar-refractivity contribution in [2.45, 2.75) is 398 Å². The molecule has 0 aliphatic rings. The molecule has 0 aromatic heterocycles. The maximum atomic E-state index is 13.8. The fraction of sp³-hybridized carbons (Fsp3) is 0.962. The van der Waals surface area contributed by atoms with Gasteiger partial charge in [-0.1, -0.05) is 304 Å². The van der Waals surface area contributed by atoms with Gasteiger partial charge in [0.1, 0.15) is 16.6 Å². The highest BCUT2D eigenvalue weighted by molar-refractivity contribution is 6.60. The second kappa shape index (κ2) is 64.3. The Morgan fingerprint density at radius 3 is 0.663 bits per heavy atom. The molecule has 0 heterocycles. The lowest BCUT2D eigenvalue weighted by molar-refractivity contribution is -0.910. The minimum atomic E-state index is -4.40. The minimum Gasteiger partial charge on any atom is -0.394 e. The first-order valence-electron chi connectivity index (χ1n) is 40.5. The van der Waals surface area contributed by atoms with Crippen molar-refractivity contribution < 1.29 is 62.8 Å². The van der Waals surface area contributed by atoms with Crippen molar-refractivity contribution >= 4 is 26.5 Å². The molecule has 0 rings (SSSR count). The SMILES string of the molecule is CCCCCCCCCCCCCC(=O)NC(CO)(CO)CO[Si](CCC[N+](C)(CCCCCCCCCC)CCCCCCCCCC)(OCC(CO)(CO)NC(=O)CCCCCCCCCCCCC)OCC(CO)(CO)NC(=O)CCCCCCCCCCCCC. The third kappa shape index (κ3) is 51.1. The molecule has 0 unspecified atom stereocenters. The number of aliphatic hydroxyl groups is 6. The highest BCUT2D eigenvalue weighted by Crippen LogP contribution is 2.28. The van der Waals surface area contributed by atoms with Crippen LogP contribution in [0.3, 0.4) is 0 Å². The summed E-state index contributed by atoms with van der Waals surface area (Å²) in [4.78, 5) is 41.5. The van der Waals surface area contributed by atoms with E-state index in [0.29, 0.717) is 32.2 Å². The molecule has 0 aromatic carbocycles. The Kier molecular flexibility index (Phi) is 63.1. The highest BCUT2D eigenvalue weighted by atomic mass is 28.4. The van der Waals surface area contributed by atoms with Crippen LogP contribution in [0.2, 0.25) is 6.04 Å². The maximum absolute atomic E-state index is 13.8. The first-order valence-corrected chi connectivity index (χ1v) is 42.4. The largest absolute Gasteiger partial charge is 0.501 e. The molecule has 16 nitrogen and oxygen atoms in total. The third-order valence-corrected chi connectivity index (χ3v) is 22.8. The number of carbonyl (C=O) groups excluding carboxylic acids is 3. The van der Waals surface area contributed by atoms with E-state index < -0.39 is 84.9 Å². The summed E-state index contributed by atoms with van der Waals surface area (Å²) in [7, 11) is -2.07. The first-order chi connectivity index (χ1) is 46.2. The molecule has 0 saturated heterocycles. The van der Waals surface area contributed by atoms with E-state index >= 15 is 0 Å². The van der Waals surface area contributed by atoms with E-state index in [0.717, 1.165) is 101 Å². The highest BCUT2D eigenvalue weighted by Gasteiger charge is 2.49. The predicted molar refractivity (Wildman–Crippen MR) is 397 cm³/mol.